The van der Waals surface area contributed by atoms with Crippen molar-refractivity contribution < 1.29 is 13.9 Å². The summed E-state index contributed by atoms with van der Waals surface area (Å²) in [6.07, 6.45) is 1.45. The number of hydrogen-bond acceptors (Lipinski definition) is 4. The van der Waals surface area contributed by atoms with Crippen molar-refractivity contribution >= 4 is 40.1 Å². The molecule has 4 nitrogen and oxygen atoms in total. The standard InChI is InChI=1S/C20H14Cl2O4/c21-15-3-5-17-13(9-15)7-11(19(23)25-17)1-2-12-8-14-10-16(22)4-6-18(14)26-20(12)24/h3-7,9-10,12H,1-2,8H2. The van der Waals surface area contributed by atoms with Crippen LogP contribution in [0.3, 0.4) is 0 Å². The molecule has 4 rings (SSSR count). The van der Waals surface area contributed by atoms with Gasteiger partial charge in [0.25, 0.3) is 0 Å². The summed E-state index contributed by atoms with van der Waals surface area (Å²) in [5, 5.41) is 1.93. The lowest BCUT2D eigenvalue weighted by atomic mass is 9.91. The Balaban J connectivity index is 1.55. The molecule has 0 N–H and O–H groups in total. The van der Waals surface area contributed by atoms with Gasteiger partial charge in [0.05, 0.1) is 5.92 Å². The summed E-state index contributed by atoms with van der Waals surface area (Å²) in [4.78, 5) is 24.4. The Morgan fingerprint density at radius 2 is 1.77 bits per heavy atom. The van der Waals surface area contributed by atoms with E-state index in [1.54, 1.807) is 36.4 Å². The number of rotatable bonds is 3. The molecule has 0 saturated carbocycles. The number of ether oxygens (including phenoxy) is 1. The average Bonchev–Trinajstić information content (AvgIpc) is 2.60. The Hall–Kier alpha value is -2.30. The third-order valence-corrected chi connectivity index (χ3v) is 5.03. The molecule has 1 atom stereocenters. The van der Waals surface area contributed by atoms with Crippen molar-refractivity contribution in [3.63, 3.8) is 0 Å². The molecule has 0 radical (unpaired) electrons. The van der Waals surface area contributed by atoms with E-state index < -0.39 is 5.63 Å². The smallest absolute Gasteiger partial charge is 0.339 e. The molecular weight excluding hydrogens is 375 g/mol. The Morgan fingerprint density at radius 1 is 1.00 bits per heavy atom. The molecule has 0 aliphatic carbocycles. The number of fused-ring (bicyclic) bond motifs is 2. The van der Waals surface area contributed by atoms with E-state index in [0.29, 0.717) is 46.2 Å². The Morgan fingerprint density at radius 3 is 2.62 bits per heavy atom. The Kier molecular flexibility index (Phi) is 4.47. The first kappa shape index (κ1) is 17.1. The van der Waals surface area contributed by atoms with E-state index in [9.17, 15) is 9.59 Å². The summed E-state index contributed by atoms with van der Waals surface area (Å²) in [5.41, 5.74) is 1.51. The maximum Gasteiger partial charge on any atom is 0.339 e. The van der Waals surface area contributed by atoms with E-state index in [4.69, 9.17) is 32.4 Å². The van der Waals surface area contributed by atoms with Crippen molar-refractivity contribution in [3.05, 3.63) is 74.1 Å². The first-order valence-electron chi connectivity index (χ1n) is 8.22. The van der Waals surface area contributed by atoms with Crippen LogP contribution in [0.15, 0.2) is 51.7 Å². The van der Waals surface area contributed by atoms with E-state index in [-0.39, 0.29) is 11.9 Å². The molecule has 1 unspecified atom stereocenters. The Bertz CT molecular complexity index is 1070. The minimum absolute atomic E-state index is 0.284. The third kappa shape index (κ3) is 3.35. The predicted molar refractivity (Wildman–Crippen MR) is 100 cm³/mol. The molecule has 6 heteroatoms. The molecule has 0 amide bonds. The molecule has 0 spiro atoms. The molecule has 2 heterocycles. The van der Waals surface area contributed by atoms with Crippen LogP contribution in [0.1, 0.15) is 17.5 Å². The summed E-state index contributed by atoms with van der Waals surface area (Å²) >= 11 is 12.0. The molecule has 1 aromatic heterocycles. The lowest BCUT2D eigenvalue weighted by Gasteiger charge is -2.23. The summed E-state index contributed by atoms with van der Waals surface area (Å²) in [7, 11) is 0. The molecule has 0 fully saturated rings. The highest BCUT2D eigenvalue weighted by Crippen LogP contribution is 2.32. The number of hydrogen-bond donors (Lipinski definition) is 0. The summed E-state index contributed by atoms with van der Waals surface area (Å²) in [5.74, 6) is -0.0565. The van der Waals surface area contributed by atoms with Gasteiger partial charge in [-0.15, -0.1) is 0 Å². The topological polar surface area (TPSA) is 56.5 Å². The number of carbonyl (C=O) groups is 1. The highest BCUT2D eigenvalue weighted by molar-refractivity contribution is 6.31. The van der Waals surface area contributed by atoms with E-state index in [2.05, 4.69) is 0 Å². The monoisotopic (exact) mass is 388 g/mol. The van der Waals surface area contributed by atoms with Gasteiger partial charge in [-0.2, -0.15) is 0 Å². The van der Waals surface area contributed by atoms with Gasteiger partial charge < -0.3 is 9.15 Å². The van der Waals surface area contributed by atoms with Crippen molar-refractivity contribution in [2.45, 2.75) is 19.3 Å². The zero-order valence-corrected chi connectivity index (χ0v) is 15.1. The lowest BCUT2D eigenvalue weighted by Crippen LogP contribution is -2.28. The van der Waals surface area contributed by atoms with Crippen LogP contribution in [-0.4, -0.2) is 5.97 Å². The summed E-state index contributed by atoms with van der Waals surface area (Å²) < 4.78 is 10.7. The Labute approximate surface area is 159 Å². The fraction of sp³-hybridized carbons (Fsp3) is 0.200. The van der Waals surface area contributed by atoms with E-state index in [1.165, 1.54) is 0 Å². The average molecular weight is 389 g/mol. The molecular formula is C20H14Cl2O4. The zero-order valence-electron chi connectivity index (χ0n) is 13.6. The van der Waals surface area contributed by atoms with Crippen LogP contribution >= 0.6 is 23.2 Å². The van der Waals surface area contributed by atoms with Gasteiger partial charge in [0.2, 0.25) is 0 Å². The molecule has 1 aliphatic rings. The van der Waals surface area contributed by atoms with Crippen molar-refractivity contribution in [1.29, 1.82) is 0 Å². The maximum absolute atomic E-state index is 12.2. The van der Waals surface area contributed by atoms with Crippen LogP contribution in [-0.2, 0) is 17.6 Å². The fourth-order valence-corrected chi connectivity index (χ4v) is 3.58. The number of aryl methyl sites for hydroxylation is 1. The fourth-order valence-electron chi connectivity index (χ4n) is 3.21. The van der Waals surface area contributed by atoms with Crippen LogP contribution in [0, 0.1) is 5.92 Å². The van der Waals surface area contributed by atoms with Gasteiger partial charge in [-0.05, 0) is 67.3 Å². The third-order valence-electron chi connectivity index (χ3n) is 4.56. The number of carbonyl (C=O) groups excluding carboxylic acids is 1. The molecule has 1 aliphatic heterocycles. The highest BCUT2D eigenvalue weighted by Gasteiger charge is 2.28. The summed E-state index contributed by atoms with van der Waals surface area (Å²) in [6, 6.07) is 12.1. The first-order chi connectivity index (χ1) is 12.5. The minimum Gasteiger partial charge on any atom is -0.426 e. The number of halogens is 2. The second-order valence-electron chi connectivity index (χ2n) is 6.35. The summed E-state index contributed by atoms with van der Waals surface area (Å²) in [6.45, 7) is 0. The van der Waals surface area contributed by atoms with Crippen molar-refractivity contribution in [2.24, 2.45) is 5.92 Å². The van der Waals surface area contributed by atoms with E-state index >= 15 is 0 Å². The van der Waals surface area contributed by atoms with Crippen molar-refractivity contribution in [2.75, 3.05) is 0 Å². The van der Waals surface area contributed by atoms with Gasteiger partial charge in [-0.1, -0.05) is 23.2 Å². The first-order valence-corrected chi connectivity index (χ1v) is 8.97. The molecule has 26 heavy (non-hydrogen) atoms. The molecule has 0 bridgehead atoms. The zero-order chi connectivity index (χ0) is 18.3. The van der Waals surface area contributed by atoms with E-state index in [0.717, 1.165) is 10.9 Å². The van der Waals surface area contributed by atoms with Gasteiger partial charge in [0, 0.05) is 21.0 Å². The molecule has 3 aromatic rings. The van der Waals surface area contributed by atoms with Crippen molar-refractivity contribution in [3.8, 4) is 5.75 Å². The van der Waals surface area contributed by atoms with Crippen LogP contribution < -0.4 is 10.4 Å². The van der Waals surface area contributed by atoms with Crippen LogP contribution in [0.2, 0.25) is 10.0 Å². The number of benzene rings is 2. The highest BCUT2D eigenvalue weighted by atomic mass is 35.5. The van der Waals surface area contributed by atoms with E-state index in [1.807, 2.05) is 6.07 Å². The second-order valence-corrected chi connectivity index (χ2v) is 7.23. The minimum atomic E-state index is -0.396. The predicted octanol–water partition coefficient (Wildman–Crippen LogP) is 4.81. The molecule has 0 saturated heterocycles. The number of esters is 1. The largest absolute Gasteiger partial charge is 0.426 e. The maximum atomic E-state index is 12.2. The SMILES string of the molecule is O=C1Oc2ccc(Cl)cc2CC1CCc1cc2cc(Cl)ccc2oc1=O. The van der Waals surface area contributed by atoms with Crippen LogP contribution in [0.25, 0.3) is 11.0 Å². The van der Waals surface area contributed by atoms with Crippen LogP contribution in [0.4, 0.5) is 0 Å². The normalized spacial score (nSPS) is 16.4. The lowest BCUT2D eigenvalue weighted by molar-refractivity contribution is -0.140. The second kappa shape index (κ2) is 6.78. The van der Waals surface area contributed by atoms with Gasteiger partial charge in [-0.3, -0.25) is 4.79 Å². The van der Waals surface area contributed by atoms with Gasteiger partial charge in [0.1, 0.15) is 11.3 Å². The van der Waals surface area contributed by atoms with Gasteiger partial charge >= 0.3 is 11.6 Å². The quantitative estimate of drug-likeness (QED) is 0.367. The van der Waals surface area contributed by atoms with Gasteiger partial charge in [-0.25, -0.2) is 4.79 Å². The van der Waals surface area contributed by atoms with Crippen molar-refractivity contribution in [1.82, 2.24) is 0 Å². The molecule has 132 valence electrons. The van der Waals surface area contributed by atoms with Gasteiger partial charge in [0.15, 0.2) is 0 Å². The van der Waals surface area contributed by atoms with Crippen LogP contribution in [0.5, 0.6) is 5.75 Å². The molecule has 2 aromatic carbocycles.